The molecule has 130 valence electrons. The summed E-state index contributed by atoms with van der Waals surface area (Å²) in [5, 5.41) is 0. The summed E-state index contributed by atoms with van der Waals surface area (Å²) in [6, 6.07) is 8.78. The van der Waals surface area contributed by atoms with Crippen LogP contribution >= 0.6 is 0 Å². The average Bonchev–Trinajstić information content (AvgIpc) is 2.90. The molecule has 4 unspecified atom stereocenters. The third-order valence-corrected chi connectivity index (χ3v) is 6.27. The van der Waals surface area contributed by atoms with Crippen molar-refractivity contribution in [3.8, 4) is 11.8 Å². The van der Waals surface area contributed by atoms with Crippen molar-refractivity contribution >= 4 is 11.9 Å². The van der Waals surface area contributed by atoms with E-state index in [2.05, 4.69) is 61.8 Å². The van der Waals surface area contributed by atoms with Crippen molar-refractivity contribution in [2.24, 2.45) is 17.3 Å². The Morgan fingerprint density at radius 2 is 2.04 bits per heavy atom. The molecule has 2 fully saturated rings. The maximum atomic E-state index is 12.2. The summed E-state index contributed by atoms with van der Waals surface area (Å²) < 4.78 is 0. The first kappa shape index (κ1) is 17.7. The van der Waals surface area contributed by atoms with Gasteiger partial charge in [0, 0.05) is 11.8 Å². The van der Waals surface area contributed by atoms with Gasteiger partial charge < -0.3 is 0 Å². The molecule has 0 radical (unpaired) electrons. The minimum absolute atomic E-state index is 0.0300. The second-order valence-electron chi connectivity index (χ2n) is 7.85. The SMILES string of the molecule is C=C(C)C#CC.CC12CCC3c4ccccc4C=CC3C1CCC2=O. The van der Waals surface area contributed by atoms with E-state index in [0.717, 1.165) is 24.8 Å². The van der Waals surface area contributed by atoms with Crippen molar-refractivity contribution in [3.63, 3.8) is 0 Å². The summed E-state index contributed by atoms with van der Waals surface area (Å²) in [5.41, 5.74) is 3.79. The van der Waals surface area contributed by atoms with Gasteiger partial charge in [0.1, 0.15) is 5.78 Å². The molecule has 0 heterocycles. The van der Waals surface area contributed by atoms with Gasteiger partial charge in [-0.1, -0.05) is 55.8 Å². The zero-order valence-corrected chi connectivity index (χ0v) is 15.6. The lowest BCUT2D eigenvalue weighted by atomic mass is 9.57. The lowest BCUT2D eigenvalue weighted by Crippen LogP contribution is -2.40. The zero-order valence-electron chi connectivity index (χ0n) is 15.6. The van der Waals surface area contributed by atoms with E-state index in [4.69, 9.17) is 0 Å². The van der Waals surface area contributed by atoms with Crippen LogP contribution in [0.1, 0.15) is 63.5 Å². The molecule has 4 rings (SSSR count). The molecule has 0 aromatic heterocycles. The quantitative estimate of drug-likeness (QED) is 0.551. The van der Waals surface area contributed by atoms with Gasteiger partial charge in [0.05, 0.1) is 0 Å². The number of ketones is 1. The molecule has 3 aliphatic rings. The van der Waals surface area contributed by atoms with Gasteiger partial charge in [-0.15, -0.1) is 5.92 Å². The van der Waals surface area contributed by atoms with Crippen molar-refractivity contribution < 1.29 is 4.79 Å². The molecule has 0 aliphatic heterocycles. The molecule has 1 aromatic rings. The van der Waals surface area contributed by atoms with E-state index >= 15 is 0 Å². The number of carbonyl (C=O) groups excluding carboxylic acids is 1. The van der Waals surface area contributed by atoms with Gasteiger partial charge in [-0.3, -0.25) is 4.79 Å². The van der Waals surface area contributed by atoms with Crippen molar-refractivity contribution in [2.75, 3.05) is 0 Å². The zero-order chi connectivity index (χ0) is 18.0. The van der Waals surface area contributed by atoms with Gasteiger partial charge in [0.25, 0.3) is 0 Å². The number of rotatable bonds is 0. The summed E-state index contributed by atoms with van der Waals surface area (Å²) in [6.45, 7) is 9.48. The fraction of sp³-hybridized carbons (Fsp3) is 0.458. The number of fused-ring (bicyclic) bond motifs is 5. The largest absolute Gasteiger partial charge is 0.299 e. The second kappa shape index (κ2) is 7.04. The lowest BCUT2D eigenvalue weighted by Gasteiger charge is -2.46. The van der Waals surface area contributed by atoms with E-state index in [1.54, 1.807) is 6.92 Å². The molecule has 4 atom stereocenters. The maximum Gasteiger partial charge on any atom is 0.139 e. The Morgan fingerprint density at radius 1 is 1.28 bits per heavy atom. The van der Waals surface area contributed by atoms with Crippen LogP contribution in [-0.4, -0.2) is 5.78 Å². The summed E-state index contributed by atoms with van der Waals surface area (Å²) in [7, 11) is 0. The van der Waals surface area contributed by atoms with E-state index in [1.807, 2.05) is 6.92 Å². The molecule has 0 saturated heterocycles. The van der Waals surface area contributed by atoms with Crippen LogP contribution in [0.15, 0.2) is 42.5 Å². The van der Waals surface area contributed by atoms with Crippen LogP contribution in [0.5, 0.6) is 0 Å². The lowest BCUT2D eigenvalue weighted by molar-refractivity contribution is -0.128. The van der Waals surface area contributed by atoms with Crippen molar-refractivity contribution in [3.05, 3.63) is 53.6 Å². The average molecular weight is 332 g/mol. The fourth-order valence-corrected chi connectivity index (χ4v) is 5.03. The number of allylic oxidation sites excluding steroid dienone is 2. The molecule has 0 bridgehead atoms. The van der Waals surface area contributed by atoms with Gasteiger partial charge in [-0.05, 0) is 67.6 Å². The summed E-state index contributed by atoms with van der Waals surface area (Å²) in [6.07, 6.45) is 8.84. The number of benzene rings is 1. The third-order valence-electron chi connectivity index (χ3n) is 6.27. The molecular formula is C24H28O. The van der Waals surface area contributed by atoms with Gasteiger partial charge in [-0.2, -0.15) is 0 Å². The molecule has 0 N–H and O–H groups in total. The molecule has 3 aliphatic carbocycles. The Kier molecular flexibility index (Phi) is 5.00. The molecular weight excluding hydrogens is 304 g/mol. The second-order valence-corrected chi connectivity index (χ2v) is 7.85. The van der Waals surface area contributed by atoms with E-state index in [-0.39, 0.29) is 5.41 Å². The Bertz CT molecular complexity index is 773. The van der Waals surface area contributed by atoms with Crippen LogP contribution < -0.4 is 0 Å². The Morgan fingerprint density at radius 3 is 2.72 bits per heavy atom. The minimum Gasteiger partial charge on any atom is -0.299 e. The van der Waals surface area contributed by atoms with Gasteiger partial charge in [0.15, 0.2) is 0 Å². The first-order valence-electron chi connectivity index (χ1n) is 9.36. The van der Waals surface area contributed by atoms with E-state index in [1.165, 1.54) is 17.5 Å². The molecule has 1 nitrogen and oxygen atoms in total. The monoisotopic (exact) mass is 332 g/mol. The summed E-state index contributed by atoms with van der Waals surface area (Å²) in [5.74, 6) is 7.80. The van der Waals surface area contributed by atoms with Crippen LogP contribution in [0.3, 0.4) is 0 Å². The summed E-state index contributed by atoms with van der Waals surface area (Å²) in [4.78, 5) is 12.2. The highest BCUT2D eigenvalue weighted by molar-refractivity contribution is 5.87. The van der Waals surface area contributed by atoms with Gasteiger partial charge >= 0.3 is 0 Å². The van der Waals surface area contributed by atoms with E-state index < -0.39 is 0 Å². The van der Waals surface area contributed by atoms with Crippen molar-refractivity contribution in [1.82, 2.24) is 0 Å². The molecule has 0 spiro atoms. The number of hydrogen-bond donors (Lipinski definition) is 0. The van der Waals surface area contributed by atoms with Gasteiger partial charge in [-0.25, -0.2) is 0 Å². The number of Topliss-reactive ketones (excluding diaryl/α,β-unsaturated/α-hetero) is 1. The molecule has 2 saturated carbocycles. The standard InChI is InChI=1S/C18H20O.C6H8/c1-18-11-10-14-13-5-3-2-4-12(13)6-7-15(14)16(18)8-9-17(18)19;1-4-5-6(2)3/h2-7,14-16H,8-11H2,1H3;2H2,1,3H3. The first-order chi connectivity index (χ1) is 12.0. The van der Waals surface area contributed by atoms with Gasteiger partial charge in [0.2, 0.25) is 0 Å². The molecule has 0 amide bonds. The predicted molar refractivity (Wildman–Crippen MR) is 105 cm³/mol. The van der Waals surface area contributed by atoms with Crippen LogP contribution in [0.4, 0.5) is 0 Å². The van der Waals surface area contributed by atoms with Crippen LogP contribution in [0.2, 0.25) is 0 Å². The Labute approximate surface area is 152 Å². The molecule has 1 aromatic carbocycles. The number of carbonyl (C=O) groups is 1. The Balaban J connectivity index is 0.000000265. The minimum atomic E-state index is -0.0300. The van der Waals surface area contributed by atoms with Crippen molar-refractivity contribution in [1.29, 1.82) is 0 Å². The topological polar surface area (TPSA) is 17.1 Å². The van der Waals surface area contributed by atoms with E-state index in [9.17, 15) is 4.79 Å². The van der Waals surface area contributed by atoms with Crippen LogP contribution in [-0.2, 0) is 4.79 Å². The molecule has 1 heteroatoms. The van der Waals surface area contributed by atoms with Crippen LogP contribution in [0.25, 0.3) is 6.08 Å². The van der Waals surface area contributed by atoms with Crippen LogP contribution in [0, 0.1) is 29.1 Å². The maximum absolute atomic E-state index is 12.2. The highest BCUT2D eigenvalue weighted by atomic mass is 16.1. The first-order valence-corrected chi connectivity index (χ1v) is 9.36. The predicted octanol–water partition coefficient (Wildman–Crippen LogP) is 5.78. The fourth-order valence-electron chi connectivity index (χ4n) is 5.03. The Hall–Kier alpha value is -2.07. The third kappa shape index (κ3) is 3.23. The number of hydrogen-bond acceptors (Lipinski definition) is 1. The summed E-state index contributed by atoms with van der Waals surface area (Å²) >= 11 is 0. The highest BCUT2D eigenvalue weighted by Crippen LogP contribution is 2.58. The normalized spacial score (nSPS) is 31.5. The smallest absolute Gasteiger partial charge is 0.139 e. The van der Waals surface area contributed by atoms with E-state index in [0.29, 0.717) is 23.5 Å². The highest BCUT2D eigenvalue weighted by Gasteiger charge is 2.53. The molecule has 25 heavy (non-hydrogen) atoms. The van der Waals surface area contributed by atoms with Crippen molar-refractivity contribution in [2.45, 2.75) is 52.4 Å².